The molecule has 4 amide bonds. The molecule has 0 spiro atoms. The van der Waals surface area contributed by atoms with Gasteiger partial charge >= 0.3 is 0 Å². The van der Waals surface area contributed by atoms with Crippen molar-refractivity contribution in [2.24, 2.45) is 30.7 Å². The van der Waals surface area contributed by atoms with Crippen LogP contribution in [0, 0.1) is 51.4 Å². The van der Waals surface area contributed by atoms with Gasteiger partial charge in [-0.15, -0.1) is 0 Å². The summed E-state index contributed by atoms with van der Waals surface area (Å²) in [5.41, 5.74) is 12.6. The summed E-state index contributed by atoms with van der Waals surface area (Å²) in [6.07, 6.45) is 36.0. The summed E-state index contributed by atoms with van der Waals surface area (Å²) < 4.78 is 19.9. The van der Waals surface area contributed by atoms with Crippen molar-refractivity contribution >= 4 is 69.5 Å². The van der Waals surface area contributed by atoms with Crippen LogP contribution < -0.4 is 19.6 Å². The van der Waals surface area contributed by atoms with Gasteiger partial charge in [-0.2, -0.15) is 20.4 Å². The molecule has 20 rings (SSSR count). The number of nitrogens with zero attached hydrogens (tertiary/aromatic N) is 24. The third-order valence-electron chi connectivity index (χ3n) is 25.1. The monoisotopic (exact) mass is 1600 g/mol. The van der Waals surface area contributed by atoms with Crippen molar-refractivity contribution in [3.8, 4) is 0 Å². The summed E-state index contributed by atoms with van der Waals surface area (Å²) in [7, 11) is 1.92. The van der Waals surface area contributed by atoms with E-state index in [1.807, 2.05) is 85.8 Å². The average molecular weight is 1600 g/mol. The number of anilines is 4. The van der Waals surface area contributed by atoms with E-state index in [2.05, 4.69) is 121 Å². The number of aryl methyl sites for hydroxylation is 5. The van der Waals surface area contributed by atoms with Crippen LogP contribution in [0.2, 0.25) is 0 Å². The molecule has 30 heteroatoms. The van der Waals surface area contributed by atoms with Crippen LogP contribution in [0.15, 0.2) is 126 Å². The zero-order valence-electron chi connectivity index (χ0n) is 69.6. The molecule has 8 fully saturated rings. The first kappa shape index (κ1) is 78.9. The van der Waals surface area contributed by atoms with E-state index in [9.17, 15) is 19.2 Å². The molecule has 0 aliphatic carbocycles. The molecule has 12 aromatic heterocycles. The van der Waals surface area contributed by atoms with Crippen molar-refractivity contribution in [1.29, 1.82) is 0 Å². The van der Waals surface area contributed by atoms with Gasteiger partial charge in [0.05, 0.1) is 65.6 Å². The number of oxazole rings is 1. The second-order valence-corrected chi connectivity index (χ2v) is 34.3. The maximum Gasteiger partial charge on any atom is 0.291 e. The summed E-state index contributed by atoms with van der Waals surface area (Å²) >= 11 is 0. The minimum atomic E-state index is -0.125. The van der Waals surface area contributed by atoms with Crippen LogP contribution in [0.3, 0.4) is 0 Å². The molecule has 0 saturated carbocycles. The predicted octanol–water partition coefficient (Wildman–Crippen LogP) is 13.7. The molecule has 0 bridgehead atoms. The van der Waals surface area contributed by atoms with E-state index in [4.69, 9.17) is 49.2 Å². The molecule has 0 unspecified atom stereocenters. The summed E-state index contributed by atoms with van der Waals surface area (Å²) in [5.74, 6) is 7.52. The Morgan fingerprint density at radius 1 is 0.390 bits per heavy atom. The van der Waals surface area contributed by atoms with Crippen LogP contribution in [0.4, 0.5) is 23.3 Å². The van der Waals surface area contributed by atoms with E-state index in [1.54, 1.807) is 30.8 Å². The van der Waals surface area contributed by atoms with Gasteiger partial charge in [-0.1, -0.05) is 27.7 Å². The highest BCUT2D eigenvalue weighted by Crippen LogP contribution is 2.39. The molecular weight excluding hydrogens is 1490 g/mol. The van der Waals surface area contributed by atoms with Gasteiger partial charge in [0.15, 0.2) is 34.7 Å². The lowest BCUT2D eigenvalue weighted by molar-refractivity contribution is 0.0567. The molecule has 30 nitrogen and oxygen atoms in total. The van der Waals surface area contributed by atoms with Crippen LogP contribution in [-0.4, -0.2) is 200 Å². The molecule has 20 heterocycles. The van der Waals surface area contributed by atoms with Crippen LogP contribution >= 0.6 is 0 Å². The van der Waals surface area contributed by atoms with E-state index >= 15 is 0 Å². The molecule has 618 valence electrons. The lowest BCUT2D eigenvalue weighted by Gasteiger charge is -2.34. The predicted molar refractivity (Wildman–Crippen MR) is 448 cm³/mol. The van der Waals surface area contributed by atoms with Gasteiger partial charge in [-0.3, -0.25) is 24.2 Å². The Kier molecular flexibility index (Phi) is 22.8. The standard InChI is InChI=1S/C23H30N6O.C22H27N7O.C22H27N5O2.C21H26N6O2/c1-16-9-12-27(14-16)22-17(2)15-29-21(24-22)13-18(25-29)19-7-4-5-11-28(19)23(30)20-8-6-10-26(20)3;1-15-6-10-27(13-15)21-16(2)14-29-20(25-21)11-17(26-29)19-5-3-4-9-28(19)22(30)18-12-23-7-8-24-18;1-15-8-10-25(13-15)21-16(2)14-27-20(23-21)12-17(24-27)18-6-3-4-9-26(18)22(28)19-7-5-11-29-19;1-14-6-8-25(11-14)20-15(2)12-27-19(23-20)9-16(24-27)17-5-3-4-7-26(17)21(28)18-10-22-13-29-18/h6,8,10,13,15-16,19H,4-5,7,9,11-12,14H2,1-3H3;7-8,11-12,14-15,19H,3-6,9-10,13H2,1-2H3;5,7,11-12,14-15,18H,3-4,6,8-10,13H2,1-2H3;9-10,12-14,17H,3-8,11H2,1-2H3/t16-,19-;15-,19-;15-,18-;14-,17-/m0000/s1. The Morgan fingerprint density at radius 3 is 1.08 bits per heavy atom. The third-order valence-corrected chi connectivity index (χ3v) is 25.1. The molecule has 8 aliphatic heterocycles. The van der Waals surface area contributed by atoms with Crippen molar-refractivity contribution in [3.05, 3.63) is 185 Å². The zero-order valence-corrected chi connectivity index (χ0v) is 69.6. The number of likely N-dealkylation sites (tertiary alicyclic amines) is 4. The van der Waals surface area contributed by atoms with Crippen molar-refractivity contribution in [2.75, 3.05) is 98.1 Å². The second-order valence-electron chi connectivity index (χ2n) is 34.3. The molecule has 0 aromatic carbocycles. The minimum Gasteiger partial charge on any atom is -0.459 e. The lowest BCUT2D eigenvalue weighted by atomic mass is 9.99. The Bertz CT molecular complexity index is 5390. The number of rotatable bonds is 12. The van der Waals surface area contributed by atoms with E-state index in [0.717, 1.165) is 239 Å². The molecule has 8 saturated heterocycles. The number of hydrogen-bond donors (Lipinski definition) is 0. The number of piperidine rings is 4. The number of hydrogen-bond acceptors (Lipinski definition) is 21. The highest BCUT2D eigenvalue weighted by molar-refractivity contribution is 5.94. The van der Waals surface area contributed by atoms with Gasteiger partial charge in [-0.25, -0.2) is 48.0 Å². The highest BCUT2D eigenvalue weighted by Gasteiger charge is 2.38. The fraction of sp³-hybridized carbons (Fsp3) is 0.511. The zero-order chi connectivity index (χ0) is 81.4. The molecule has 8 aliphatic rings. The van der Waals surface area contributed by atoms with Crippen LogP contribution in [0.5, 0.6) is 0 Å². The maximum atomic E-state index is 13.2. The second kappa shape index (κ2) is 34.2. The highest BCUT2D eigenvalue weighted by atomic mass is 16.4. The van der Waals surface area contributed by atoms with Crippen LogP contribution in [0.1, 0.15) is 242 Å². The lowest BCUT2D eigenvalue weighted by Crippen LogP contribution is -2.39. The number of furan rings is 1. The molecule has 12 aromatic rings. The van der Waals surface area contributed by atoms with Crippen molar-refractivity contribution < 1.29 is 28.0 Å². The Balaban J connectivity index is 0.000000113. The topological polar surface area (TPSA) is 285 Å². The smallest absolute Gasteiger partial charge is 0.291 e. The third kappa shape index (κ3) is 16.5. The molecule has 0 radical (unpaired) electrons. The van der Waals surface area contributed by atoms with Gasteiger partial charge < -0.3 is 52.6 Å². The number of carbonyl (C=O) groups is 4. The van der Waals surface area contributed by atoms with Crippen molar-refractivity contribution in [2.45, 2.75) is 182 Å². The van der Waals surface area contributed by atoms with Crippen LogP contribution in [0.25, 0.3) is 22.6 Å². The summed E-state index contributed by atoms with van der Waals surface area (Å²) in [6, 6.07) is 15.3. The maximum absolute atomic E-state index is 13.2. The molecule has 8 atom stereocenters. The Morgan fingerprint density at radius 2 is 0.763 bits per heavy atom. The van der Waals surface area contributed by atoms with Crippen LogP contribution in [-0.2, 0) is 7.05 Å². The number of carbonyl (C=O) groups excluding carboxylic acids is 4. The van der Waals surface area contributed by atoms with Crippen molar-refractivity contribution in [1.82, 2.24) is 97.5 Å². The summed E-state index contributed by atoms with van der Waals surface area (Å²) in [4.78, 5) is 101. The molecule has 0 N–H and O–H groups in total. The minimum absolute atomic E-state index is 0.00147. The van der Waals surface area contributed by atoms with Gasteiger partial charge in [-0.05, 0) is 178 Å². The average Bonchev–Trinajstić information content (AvgIpc) is 1.64. The number of amides is 4. The Hall–Kier alpha value is -11.6. The quantitative estimate of drug-likeness (QED) is 0.110. The van der Waals surface area contributed by atoms with E-state index in [-0.39, 0.29) is 53.6 Å². The van der Waals surface area contributed by atoms with Gasteiger partial charge in [0.1, 0.15) is 34.7 Å². The fourth-order valence-corrected chi connectivity index (χ4v) is 18.8. The van der Waals surface area contributed by atoms with Crippen molar-refractivity contribution in [3.63, 3.8) is 0 Å². The Labute approximate surface area is 687 Å². The first-order chi connectivity index (χ1) is 57.3. The molecular formula is C88H110N24O6. The van der Waals surface area contributed by atoms with Gasteiger partial charge in [0.25, 0.3) is 23.6 Å². The first-order valence-corrected chi connectivity index (χ1v) is 42.8. The summed E-state index contributed by atoms with van der Waals surface area (Å²) in [6.45, 7) is 28.9. The number of fused-ring (bicyclic) bond motifs is 4. The molecule has 118 heavy (non-hydrogen) atoms. The normalized spacial score (nSPS) is 22.3. The SMILES string of the molecule is Cc1cn2nc([C@@H]3CCCCN3C(=O)c3cccn3C)cc2nc1N1CC[C@H](C)C1.Cc1cn2nc([C@@H]3CCCCN3C(=O)c3ccco3)cc2nc1N1CC[C@H](C)C1.Cc1cn2nc([C@@H]3CCCCN3C(=O)c3cnccn3)cc2nc1N1CC[C@H](C)C1.Cc1cn2nc([C@@H]3CCCCN3C(=O)c3cnco3)cc2nc1N1CC[C@H](C)C1. The fourth-order valence-electron chi connectivity index (χ4n) is 18.8. The van der Waals surface area contributed by atoms with E-state index in [1.165, 1.54) is 44.5 Å². The first-order valence-electron chi connectivity index (χ1n) is 42.8. The van der Waals surface area contributed by atoms with E-state index in [0.29, 0.717) is 48.2 Å². The van der Waals surface area contributed by atoms with E-state index < -0.39 is 0 Å². The van der Waals surface area contributed by atoms with Gasteiger partial charge in [0.2, 0.25) is 5.76 Å². The number of aromatic nitrogens is 16. The largest absolute Gasteiger partial charge is 0.459 e. The van der Waals surface area contributed by atoms with Gasteiger partial charge in [0, 0.05) is 175 Å². The summed E-state index contributed by atoms with van der Waals surface area (Å²) in [5, 5.41) is 19.3.